The number of para-hydroxylation sites is 1. The van der Waals surface area contributed by atoms with E-state index in [2.05, 4.69) is 0 Å². The lowest BCUT2D eigenvalue weighted by Gasteiger charge is -2.18. The van der Waals surface area contributed by atoms with Crippen molar-refractivity contribution in [3.63, 3.8) is 0 Å². The van der Waals surface area contributed by atoms with Crippen LogP contribution < -0.4 is 15.1 Å². The Bertz CT molecular complexity index is 1070. The SMILES string of the molecule is CCOC(=O)[C@H]1Oc2c(c(=O)oc3ccccc23)[C@@H]1c1cccc(OC)c1. The van der Waals surface area contributed by atoms with Gasteiger partial charge in [-0.3, -0.25) is 0 Å². The molecule has 2 heterocycles. The molecule has 0 aliphatic carbocycles. The molecule has 0 N–H and O–H groups in total. The Morgan fingerprint density at radius 1 is 1.15 bits per heavy atom. The minimum Gasteiger partial charge on any atom is -0.497 e. The smallest absolute Gasteiger partial charge is 0.348 e. The average Bonchev–Trinajstić information content (AvgIpc) is 3.10. The summed E-state index contributed by atoms with van der Waals surface area (Å²) in [6.07, 6.45) is -0.972. The van der Waals surface area contributed by atoms with Gasteiger partial charge in [0, 0.05) is 0 Å². The van der Waals surface area contributed by atoms with Crippen LogP contribution in [0.25, 0.3) is 11.0 Å². The van der Waals surface area contributed by atoms with E-state index in [9.17, 15) is 9.59 Å². The van der Waals surface area contributed by atoms with Crippen molar-refractivity contribution in [3.8, 4) is 11.5 Å². The van der Waals surface area contributed by atoms with Gasteiger partial charge in [-0.15, -0.1) is 0 Å². The molecule has 3 aromatic rings. The number of hydrogen-bond acceptors (Lipinski definition) is 6. The molecule has 1 aliphatic heterocycles. The highest BCUT2D eigenvalue weighted by molar-refractivity contribution is 5.88. The summed E-state index contributed by atoms with van der Waals surface area (Å²) in [7, 11) is 1.56. The van der Waals surface area contributed by atoms with Crippen LogP contribution in [-0.4, -0.2) is 25.8 Å². The van der Waals surface area contributed by atoms with Crippen molar-refractivity contribution in [1.82, 2.24) is 0 Å². The Morgan fingerprint density at radius 3 is 2.74 bits per heavy atom. The third-order valence-corrected chi connectivity index (χ3v) is 4.63. The second kappa shape index (κ2) is 6.79. The van der Waals surface area contributed by atoms with Crippen LogP contribution in [0.4, 0.5) is 0 Å². The van der Waals surface area contributed by atoms with Crippen LogP contribution in [-0.2, 0) is 9.53 Å². The second-order valence-corrected chi connectivity index (χ2v) is 6.17. The number of carbonyl (C=O) groups is 1. The summed E-state index contributed by atoms with van der Waals surface area (Å²) in [4.78, 5) is 25.3. The van der Waals surface area contributed by atoms with E-state index in [4.69, 9.17) is 18.6 Å². The number of methoxy groups -OCH3 is 1. The summed E-state index contributed by atoms with van der Waals surface area (Å²) in [5.41, 5.74) is 0.923. The largest absolute Gasteiger partial charge is 0.497 e. The number of hydrogen-bond donors (Lipinski definition) is 0. The van der Waals surface area contributed by atoms with Crippen LogP contribution in [0.15, 0.2) is 57.7 Å². The van der Waals surface area contributed by atoms with Crippen molar-refractivity contribution in [1.29, 1.82) is 0 Å². The van der Waals surface area contributed by atoms with E-state index in [-0.39, 0.29) is 6.61 Å². The number of esters is 1. The molecule has 6 nitrogen and oxygen atoms in total. The molecule has 0 unspecified atom stereocenters. The molecule has 0 fully saturated rings. The molecule has 27 heavy (non-hydrogen) atoms. The van der Waals surface area contributed by atoms with E-state index in [1.54, 1.807) is 50.4 Å². The van der Waals surface area contributed by atoms with Gasteiger partial charge in [-0.25, -0.2) is 9.59 Å². The van der Waals surface area contributed by atoms with Gasteiger partial charge in [-0.1, -0.05) is 24.3 Å². The van der Waals surface area contributed by atoms with E-state index in [0.29, 0.717) is 33.6 Å². The standard InChI is InChI=1S/C21H18O6/c1-3-25-21(23)19-16(12-7-6-8-13(11-12)24-2)17-18(27-19)14-9-4-5-10-15(14)26-20(17)22/h4-11,16,19H,3H2,1-2H3/t16-,19-/m0/s1. The minimum absolute atomic E-state index is 0.217. The van der Waals surface area contributed by atoms with Gasteiger partial charge in [0.15, 0.2) is 0 Å². The van der Waals surface area contributed by atoms with Crippen LogP contribution in [0.3, 0.4) is 0 Å². The average molecular weight is 366 g/mol. The Morgan fingerprint density at radius 2 is 1.96 bits per heavy atom. The van der Waals surface area contributed by atoms with Crippen molar-refractivity contribution >= 4 is 16.9 Å². The highest BCUT2D eigenvalue weighted by atomic mass is 16.6. The first kappa shape index (κ1) is 17.1. The van der Waals surface area contributed by atoms with E-state index in [0.717, 1.165) is 0 Å². The lowest BCUT2D eigenvalue weighted by molar-refractivity contribution is -0.151. The summed E-state index contributed by atoms with van der Waals surface area (Å²) in [5, 5.41) is 0.645. The Balaban J connectivity index is 1.95. The van der Waals surface area contributed by atoms with Gasteiger partial charge in [-0.05, 0) is 36.8 Å². The lowest BCUT2D eigenvalue weighted by atomic mass is 9.88. The fourth-order valence-electron chi connectivity index (χ4n) is 3.46. The summed E-state index contributed by atoms with van der Waals surface area (Å²) >= 11 is 0. The van der Waals surface area contributed by atoms with Gasteiger partial charge < -0.3 is 18.6 Å². The van der Waals surface area contributed by atoms with E-state index in [1.165, 1.54) is 0 Å². The predicted molar refractivity (Wildman–Crippen MR) is 98.4 cm³/mol. The Hall–Kier alpha value is -3.28. The van der Waals surface area contributed by atoms with Crippen LogP contribution in [0.1, 0.15) is 24.0 Å². The first-order valence-corrected chi connectivity index (χ1v) is 8.67. The van der Waals surface area contributed by atoms with Crippen molar-refractivity contribution in [2.45, 2.75) is 18.9 Å². The maximum atomic E-state index is 12.8. The topological polar surface area (TPSA) is 75.0 Å². The molecule has 1 aromatic heterocycles. The summed E-state index contributed by atoms with van der Waals surface area (Å²) in [5.74, 6) is -0.179. The number of rotatable bonds is 4. The van der Waals surface area contributed by atoms with Gasteiger partial charge in [-0.2, -0.15) is 0 Å². The number of ether oxygens (including phenoxy) is 3. The summed E-state index contributed by atoms with van der Waals surface area (Å²) < 4.78 is 21.9. The zero-order valence-corrected chi connectivity index (χ0v) is 14.9. The van der Waals surface area contributed by atoms with Gasteiger partial charge >= 0.3 is 11.6 Å². The van der Waals surface area contributed by atoms with Crippen molar-refractivity contribution < 1.29 is 23.4 Å². The van der Waals surface area contributed by atoms with Gasteiger partial charge in [0.1, 0.15) is 17.1 Å². The van der Waals surface area contributed by atoms with Crippen molar-refractivity contribution in [2.75, 3.05) is 13.7 Å². The molecule has 6 heteroatoms. The van der Waals surface area contributed by atoms with Crippen LogP contribution in [0.5, 0.6) is 11.5 Å². The minimum atomic E-state index is -0.972. The predicted octanol–water partition coefficient (Wildman–Crippen LogP) is 3.26. The summed E-state index contributed by atoms with van der Waals surface area (Å²) in [6, 6.07) is 14.3. The molecule has 0 spiro atoms. The quantitative estimate of drug-likeness (QED) is 0.521. The monoisotopic (exact) mass is 366 g/mol. The van der Waals surface area contributed by atoms with E-state index >= 15 is 0 Å². The maximum absolute atomic E-state index is 12.8. The highest BCUT2D eigenvalue weighted by Gasteiger charge is 2.45. The fraction of sp³-hybridized carbons (Fsp3) is 0.238. The van der Waals surface area contributed by atoms with Crippen LogP contribution in [0.2, 0.25) is 0 Å². The number of benzene rings is 2. The molecule has 0 saturated heterocycles. The molecule has 0 radical (unpaired) electrons. The molecule has 138 valence electrons. The summed E-state index contributed by atoms with van der Waals surface area (Å²) in [6.45, 7) is 1.94. The first-order valence-electron chi connectivity index (χ1n) is 8.67. The normalized spacial score (nSPS) is 18.0. The molecule has 2 aromatic carbocycles. The van der Waals surface area contributed by atoms with Gasteiger partial charge in [0.25, 0.3) is 0 Å². The Labute approximate surface area is 155 Å². The number of carbonyl (C=O) groups excluding carboxylic acids is 1. The van der Waals surface area contributed by atoms with Crippen molar-refractivity contribution in [2.24, 2.45) is 0 Å². The van der Waals surface area contributed by atoms with Gasteiger partial charge in [0.2, 0.25) is 6.10 Å². The zero-order chi connectivity index (χ0) is 19.0. The van der Waals surface area contributed by atoms with Crippen LogP contribution >= 0.6 is 0 Å². The molecule has 0 amide bonds. The highest BCUT2D eigenvalue weighted by Crippen LogP contribution is 2.45. The zero-order valence-electron chi connectivity index (χ0n) is 14.9. The number of fused-ring (bicyclic) bond motifs is 3. The van der Waals surface area contributed by atoms with E-state index in [1.807, 2.05) is 12.1 Å². The molecule has 0 saturated carbocycles. The maximum Gasteiger partial charge on any atom is 0.348 e. The Kier molecular flexibility index (Phi) is 4.32. The first-order chi connectivity index (χ1) is 13.1. The lowest BCUT2D eigenvalue weighted by Crippen LogP contribution is -2.32. The van der Waals surface area contributed by atoms with Gasteiger partial charge in [0.05, 0.1) is 30.6 Å². The molecule has 0 bridgehead atoms. The molecule has 2 atom stereocenters. The fourth-order valence-corrected chi connectivity index (χ4v) is 3.46. The molecular formula is C21H18O6. The second-order valence-electron chi connectivity index (χ2n) is 6.17. The van der Waals surface area contributed by atoms with Crippen LogP contribution in [0, 0.1) is 0 Å². The molecule has 1 aliphatic rings. The van der Waals surface area contributed by atoms with E-state index < -0.39 is 23.6 Å². The van der Waals surface area contributed by atoms with Crippen molar-refractivity contribution in [3.05, 3.63) is 70.1 Å². The molecule has 4 rings (SSSR count). The third-order valence-electron chi connectivity index (χ3n) is 4.63. The third kappa shape index (κ3) is 2.83. The molecular weight excluding hydrogens is 348 g/mol.